The molecule has 1 aromatic carbocycles. The zero-order chi connectivity index (χ0) is 14.3. The predicted molar refractivity (Wildman–Crippen MR) is 85.0 cm³/mol. The number of aryl methyl sites for hydroxylation is 2. The van der Waals surface area contributed by atoms with Gasteiger partial charge in [-0.3, -0.25) is 0 Å². The van der Waals surface area contributed by atoms with E-state index in [-0.39, 0.29) is 6.61 Å². The van der Waals surface area contributed by atoms with Crippen LogP contribution in [0.25, 0.3) is 0 Å². The minimum absolute atomic E-state index is 0.153. The van der Waals surface area contributed by atoms with E-state index in [4.69, 9.17) is 5.11 Å². The third-order valence-electron chi connectivity index (χ3n) is 3.02. The highest BCUT2D eigenvalue weighted by atomic mass is 32.1. The average Bonchev–Trinajstić information content (AvgIpc) is 2.82. The van der Waals surface area contributed by atoms with E-state index in [1.165, 1.54) is 21.6 Å². The van der Waals surface area contributed by atoms with Crippen LogP contribution in [0.5, 0.6) is 0 Å². The molecule has 0 saturated carbocycles. The zero-order valence-electron chi connectivity index (χ0n) is 12.4. The van der Waals surface area contributed by atoms with E-state index in [0.29, 0.717) is 0 Å². The van der Waals surface area contributed by atoms with E-state index in [1.54, 1.807) is 11.3 Å². The van der Waals surface area contributed by atoms with Crippen LogP contribution in [0, 0.1) is 6.92 Å². The molecule has 0 aliphatic rings. The lowest BCUT2D eigenvalue weighted by Crippen LogP contribution is -1.90. The summed E-state index contributed by atoms with van der Waals surface area (Å²) in [6, 6.07) is 10.9. The molecule has 0 spiro atoms. The van der Waals surface area contributed by atoms with Crippen LogP contribution in [0.15, 0.2) is 30.3 Å². The third-order valence-corrected chi connectivity index (χ3v) is 4.10. The number of aliphatic hydroxyl groups excluding tert-OH is 1. The van der Waals surface area contributed by atoms with Crippen LogP contribution < -0.4 is 0 Å². The van der Waals surface area contributed by atoms with Crippen molar-refractivity contribution < 1.29 is 5.11 Å². The topological polar surface area (TPSA) is 20.2 Å². The quantitative estimate of drug-likeness (QED) is 0.856. The minimum Gasteiger partial charge on any atom is -0.391 e. The monoisotopic (exact) mass is 276 g/mol. The van der Waals surface area contributed by atoms with Gasteiger partial charge in [0, 0.05) is 9.75 Å². The second kappa shape index (κ2) is 8.13. The molecule has 0 radical (unpaired) electrons. The first kappa shape index (κ1) is 15.9. The van der Waals surface area contributed by atoms with Crippen molar-refractivity contribution in [3.8, 4) is 0 Å². The number of aliphatic hydroxyl groups is 1. The minimum atomic E-state index is 0.153. The van der Waals surface area contributed by atoms with Crippen molar-refractivity contribution >= 4 is 11.3 Å². The summed E-state index contributed by atoms with van der Waals surface area (Å²) in [7, 11) is 0. The fourth-order valence-electron chi connectivity index (χ4n) is 2.02. The van der Waals surface area contributed by atoms with E-state index < -0.39 is 0 Å². The molecule has 1 heterocycles. The summed E-state index contributed by atoms with van der Waals surface area (Å²) in [4.78, 5) is 2.38. The molecular formula is C17H24OS. The summed E-state index contributed by atoms with van der Waals surface area (Å²) in [5.41, 5.74) is 4.08. The van der Waals surface area contributed by atoms with Crippen molar-refractivity contribution in [1.82, 2.24) is 0 Å². The van der Waals surface area contributed by atoms with E-state index in [0.717, 1.165) is 17.7 Å². The van der Waals surface area contributed by atoms with Crippen LogP contribution >= 0.6 is 11.3 Å². The molecule has 1 aromatic heterocycles. The van der Waals surface area contributed by atoms with E-state index in [2.05, 4.69) is 44.2 Å². The Balaban J connectivity index is 0.000000861. The smallest absolute Gasteiger partial charge is 0.0774 e. The normalized spacial score (nSPS) is 9.95. The Hall–Kier alpha value is -1.12. The molecule has 19 heavy (non-hydrogen) atoms. The molecule has 0 saturated heterocycles. The summed E-state index contributed by atoms with van der Waals surface area (Å²) >= 11 is 1.69. The number of thiophene rings is 1. The molecule has 0 unspecified atom stereocenters. The van der Waals surface area contributed by atoms with Gasteiger partial charge in [0.15, 0.2) is 0 Å². The van der Waals surface area contributed by atoms with E-state index in [1.807, 2.05) is 13.8 Å². The van der Waals surface area contributed by atoms with Crippen LogP contribution in [0.1, 0.15) is 47.2 Å². The molecule has 0 aliphatic carbocycles. The maximum Gasteiger partial charge on any atom is 0.0774 e. The van der Waals surface area contributed by atoms with E-state index >= 15 is 0 Å². The largest absolute Gasteiger partial charge is 0.391 e. The number of hydrogen-bond acceptors (Lipinski definition) is 2. The maximum absolute atomic E-state index is 9.13. The summed E-state index contributed by atoms with van der Waals surface area (Å²) in [5, 5.41) is 9.13. The Morgan fingerprint density at radius 1 is 1.11 bits per heavy atom. The molecule has 2 aromatic rings. The Labute approximate surface area is 120 Å². The number of rotatable bonds is 4. The van der Waals surface area contributed by atoms with Crippen molar-refractivity contribution in [2.24, 2.45) is 0 Å². The van der Waals surface area contributed by atoms with Crippen LogP contribution in [-0.2, 0) is 19.4 Å². The first-order valence-corrected chi connectivity index (χ1v) is 7.81. The molecule has 0 atom stereocenters. The van der Waals surface area contributed by atoms with Crippen molar-refractivity contribution in [1.29, 1.82) is 0 Å². The Bertz CT molecular complexity index is 500. The van der Waals surface area contributed by atoms with Gasteiger partial charge >= 0.3 is 0 Å². The van der Waals surface area contributed by atoms with Crippen molar-refractivity contribution in [2.45, 2.75) is 47.1 Å². The van der Waals surface area contributed by atoms with Crippen LogP contribution in [-0.4, -0.2) is 5.11 Å². The summed E-state index contributed by atoms with van der Waals surface area (Å²) < 4.78 is 0. The number of benzene rings is 1. The highest BCUT2D eigenvalue weighted by molar-refractivity contribution is 7.12. The van der Waals surface area contributed by atoms with E-state index in [9.17, 15) is 0 Å². The Morgan fingerprint density at radius 3 is 2.37 bits per heavy atom. The molecule has 2 heteroatoms. The van der Waals surface area contributed by atoms with Crippen molar-refractivity contribution in [3.63, 3.8) is 0 Å². The second-order valence-electron chi connectivity index (χ2n) is 4.30. The van der Waals surface area contributed by atoms with Gasteiger partial charge in [0.05, 0.1) is 6.61 Å². The van der Waals surface area contributed by atoms with Gasteiger partial charge in [-0.05, 0) is 42.5 Å². The molecule has 0 aliphatic heterocycles. The molecule has 1 N–H and O–H groups in total. The lowest BCUT2D eigenvalue weighted by molar-refractivity contribution is 0.285. The van der Waals surface area contributed by atoms with Gasteiger partial charge < -0.3 is 5.11 Å². The molecular weight excluding hydrogens is 252 g/mol. The molecule has 0 bridgehead atoms. The summed E-state index contributed by atoms with van der Waals surface area (Å²) in [6.45, 7) is 8.46. The molecule has 2 rings (SSSR count). The van der Waals surface area contributed by atoms with Crippen LogP contribution in [0.2, 0.25) is 0 Å². The zero-order valence-corrected chi connectivity index (χ0v) is 13.2. The first-order valence-electron chi connectivity index (χ1n) is 6.99. The fraction of sp³-hybridized carbons (Fsp3) is 0.412. The first-order chi connectivity index (χ1) is 9.22. The van der Waals surface area contributed by atoms with Gasteiger partial charge in [0.2, 0.25) is 0 Å². The molecule has 0 fully saturated rings. The second-order valence-corrected chi connectivity index (χ2v) is 5.64. The summed E-state index contributed by atoms with van der Waals surface area (Å²) in [6.07, 6.45) is 2.05. The Kier molecular flexibility index (Phi) is 6.82. The van der Waals surface area contributed by atoms with Gasteiger partial charge in [0.1, 0.15) is 0 Å². The molecule has 0 amide bonds. The fourth-order valence-corrected chi connectivity index (χ4v) is 2.94. The molecule has 1 nitrogen and oxygen atoms in total. The standard InChI is InChI=1S/C15H18OS.C2H6/c1-3-12-5-4-6-13(7-12)8-14-9-15(10-16)17-11(14)2;1-2/h4-7,9,16H,3,8,10H2,1-2H3;1-2H3. The third kappa shape index (κ3) is 4.48. The van der Waals surface area contributed by atoms with Gasteiger partial charge in [-0.25, -0.2) is 0 Å². The van der Waals surface area contributed by atoms with Crippen molar-refractivity contribution in [3.05, 3.63) is 56.8 Å². The predicted octanol–water partition coefficient (Wildman–Crippen LogP) is 4.73. The van der Waals surface area contributed by atoms with Gasteiger partial charge in [-0.2, -0.15) is 0 Å². The number of hydrogen-bond donors (Lipinski definition) is 1. The molecule has 104 valence electrons. The highest BCUT2D eigenvalue weighted by Crippen LogP contribution is 2.24. The average molecular weight is 276 g/mol. The maximum atomic E-state index is 9.13. The summed E-state index contributed by atoms with van der Waals surface area (Å²) in [5.74, 6) is 0. The van der Waals surface area contributed by atoms with Crippen molar-refractivity contribution in [2.75, 3.05) is 0 Å². The van der Waals surface area contributed by atoms with Gasteiger partial charge in [-0.1, -0.05) is 45.0 Å². The van der Waals surface area contributed by atoms with Crippen LogP contribution in [0.3, 0.4) is 0 Å². The van der Waals surface area contributed by atoms with Crippen LogP contribution in [0.4, 0.5) is 0 Å². The lowest BCUT2D eigenvalue weighted by Gasteiger charge is -2.03. The highest BCUT2D eigenvalue weighted by Gasteiger charge is 2.06. The van der Waals surface area contributed by atoms with Gasteiger partial charge in [0.25, 0.3) is 0 Å². The lowest BCUT2D eigenvalue weighted by atomic mass is 10.0. The van der Waals surface area contributed by atoms with Gasteiger partial charge in [-0.15, -0.1) is 11.3 Å². The Morgan fingerprint density at radius 2 is 1.79 bits per heavy atom. The SMILES string of the molecule is CC.CCc1cccc(Cc2cc(CO)sc2C)c1.